The van der Waals surface area contributed by atoms with Gasteiger partial charge in [-0.15, -0.1) is 0 Å². The van der Waals surface area contributed by atoms with Crippen LogP contribution in [0.25, 0.3) is 11.4 Å². The molecule has 1 amide bonds. The number of nitrogens with zero attached hydrogens (tertiary/aromatic N) is 3. The van der Waals surface area contributed by atoms with E-state index >= 15 is 0 Å². The zero-order chi connectivity index (χ0) is 23.6. The molecule has 1 aromatic heterocycles. The number of aromatic nitrogens is 2. The average molecular weight is 461 g/mol. The van der Waals surface area contributed by atoms with E-state index in [2.05, 4.69) is 10.1 Å². The van der Waals surface area contributed by atoms with Crippen LogP contribution in [-0.2, 0) is 17.5 Å². The van der Waals surface area contributed by atoms with Gasteiger partial charge in [-0.2, -0.15) is 18.2 Å². The normalized spacial score (nSPS) is 16.3. The minimum absolute atomic E-state index is 0.123. The smallest absolute Gasteiger partial charge is 0.416 e. The maximum Gasteiger partial charge on any atom is 0.416 e. The van der Waals surface area contributed by atoms with Crippen molar-refractivity contribution in [1.82, 2.24) is 15.0 Å². The van der Waals surface area contributed by atoms with Gasteiger partial charge in [0.2, 0.25) is 17.6 Å². The lowest BCUT2D eigenvalue weighted by atomic mass is 10.1. The molecule has 0 radical (unpaired) electrons. The zero-order valence-corrected chi connectivity index (χ0v) is 18.1. The number of halogens is 3. The SMILES string of the molecule is CCOc1ccc(-c2noc(C3CC(=O)N(Cc4ccc(C(F)(F)F)cc4)C3)n2)cc1OC. The number of benzene rings is 2. The van der Waals surface area contributed by atoms with Crippen molar-refractivity contribution >= 4 is 5.91 Å². The highest BCUT2D eigenvalue weighted by Crippen LogP contribution is 2.34. The molecule has 1 aliphatic rings. The molecule has 0 spiro atoms. The maximum absolute atomic E-state index is 12.7. The first-order chi connectivity index (χ1) is 15.8. The van der Waals surface area contributed by atoms with Crippen LogP contribution in [0.1, 0.15) is 36.3 Å². The fourth-order valence-corrected chi connectivity index (χ4v) is 3.71. The molecule has 0 bridgehead atoms. The molecule has 7 nitrogen and oxygen atoms in total. The van der Waals surface area contributed by atoms with Gasteiger partial charge in [-0.1, -0.05) is 17.3 Å². The monoisotopic (exact) mass is 461 g/mol. The van der Waals surface area contributed by atoms with E-state index in [1.54, 1.807) is 30.2 Å². The summed E-state index contributed by atoms with van der Waals surface area (Å²) in [7, 11) is 1.54. The van der Waals surface area contributed by atoms with Crippen molar-refractivity contribution in [3.63, 3.8) is 0 Å². The Bertz CT molecular complexity index is 1130. The average Bonchev–Trinajstić information content (AvgIpc) is 3.41. The van der Waals surface area contributed by atoms with Crippen molar-refractivity contribution in [2.45, 2.75) is 32.0 Å². The van der Waals surface area contributed by atoms with Gasteiger partial charge in [0.05, 0.1) is 25.2 Å². The molecule has 10 heteroatoms. The van der Waals surface area contributed by atoms with Crippen molar-refractivity contribution < 1.29 is 32.0 Å². The molecule has 1 unspecified atom stereocenters. The van der Waals surface area contributed by atoms with Crippen molar-refractivity contribution in [2.75, 3.05) is 20.3 Å². The summed E-state index contributed by atoms with van der Waals surface area (Å²) in [6.45, 7) is 2.93. The van der Waals surface area contributed by atoms with E-state index in [1.807, 2.05) is 6.92 Å². The van der Waals surface area contributed by atoms with Gasteiger partial charge >= 0.3 is 6.18 Å². The van der Waals surface area contributed by atoms with Crippen LogP contribution < -0.4 is 9.47 Å². The van der Waals surface area contributed by atoms with E-state index < -0.39 is 11.7 Å². The lowest BCUT2D eigenvalue weighted by Gasteiger charge is -2.16. The summed E-state index contributed by atoms with van der Waals surface area (Å²) in [5, 5.41) is 4.03. The molecule has 174 valence electrons. The Morgan fingerprint density at radius 2 is 1.91 bits per heavy atom. The summed E-state index contributed by atoms with van der Waals surface area (Å²) in [6, 6.07) is 10.1. The summed E-state index contributed by atoms with van der Waals surface area (Å²) in [6.07, 6.45) is -4.20. The second-order valence-corrected chi connectivity index (χ2v) is 7.62. The highest BCUT2D eigenvalue weighted by atomic mass is 19.4. The molecular formula is C23H22F3N3O4. The van der Waals surface area contributed by atoms with Gasteiger partial charge < -0.3 is 18.9 Å². The number of likely N-dealkylation sites (tertiary alicyclic amines) is 1. The predicted octanol–water partition coefficient (Wildman–Crippen LogP) is 4.68. The molecule has 2 aromatic carbocycles. The molecular weight excluding hydrogens is 439 g/mol. The number of rotatable bonds is 7. The predicted molar refractivity (Wildman–Crippen MR) is 112 cm³/mol. The van der Waals surface area contributed by atoms with Crippen molar-refractivity contribution in [3.8, 4) is 22.9 Å². The van der Waals surface area contributed by atoms with E-state index in [0.717, 1.165) is 12.1 Å². The van der Waals surface area contributed by atoms with Crippen molar-refractivity contribution in [3.05, 3.63) is 59.5 Å². The Labute approximate surface area is 188 Å². The second-order valence-electron chi connectivity index (χ2n) is 7.62. The lowest BCUT2D eigenvalue weighted by molar-refractivity contribution is -0.137. The van der Waals surface area contributed by atoms with Crippen LogP contribution in [0, 0.1) is 0 Å². The first-order valence-corrected chi connectivity index (χ1v) is 10.4. The Balaban J connectivity index is 1.45. The third kappa shape index (κ3) is 4.94. The quantitative estimate of drug-likeness (QED) is 0.509. The molecule has 1 fully saturated rings. The van der Waals surface area contributed by atoms with Crippen LogP contribution in [0.4, 0.5) is 13.2 Å². The first kappa shape index (κ1) is 22.6. The van der Waals surface area contributed by atoms with E-state index in [4.69, 9.17) is 14.0 Å². The Morgan fingerprint density at radius 3 is 2.58 bits per heavy atom. The standard InChI is InChI=1S/C23H22F3N3O4/c1-3-32-18-9-6-15(10-19(18)31-2)21-27-22(33-28-21)16-11-20(30)29(13-16)12-14-4-7-17(8-5-14)23(24,25)26/h4-10,16H,3,11-13H2,1-2H3. The number of hydrogen-bond acceptors (Lipinski definition) is 6. The van der Waals surface area contributed by atoms with E-state index in [9.17, 15) is 18.0 Å². The lowest BCUT2D eigenvalue weighted by Crippen LogP contribution is -2.24. The molecule has 1 aliphatic heterocycles. The number of amides is 1. The third-order valence-electron chi connectivity index (χ3n) is 5.38. The van der Waals surface area contributed by atoms with Crippen LogP contribution in [-0.4, -0.2) is 41.2 Å². The molecule has 2 heterocycles. The van der Waals surface area contributed by atoms with Gasteiger partial charge in [-0.25, -0.2) is 0 Å². The zero-order valence-electron chi connectivity index (χ0n) is 18.1. The minimum atomic E-state index is -4.39. The Hall–Kier alpha value is -3.56. The largest absolute Gasteiger partial charge is 0.493 e. The highest BCUT2D eigenvalue weighted by Gasteiger charge is 2.35. The summed E-state index contributed by atoms with van der Waals surface area (Å²) >= 11 is 0. The van der Waals surface area contributed by atoms with Crippen molar-refractivity contribution in [1.29, 1.82) is 0 Å². The summed E-state index contributed by atoms with van der Waals surface area (Å²) in [4.78, 5) is 18.5. The number of carbonyl (C=O) groups is 1. The summed E-state index contributed by atoms with van der Waals surface area (Å²) in [5.74, 6) is 1.42. The fraction of sp³-hybridized carbons (Fsp3) is 0.348. The second kappa shape index (κ2) is 9.13. The number of hydrogen-bond donors (Lipinski definition) is 0. The number of carbonyl (C=O) groups excluding carboxylic acids is 1. The minimum Gasteiger partial charge on any atom is -0.493 e. The Kier molecular flexibility index (Phi) is 6.26. The molecule has 0 saturated carbocycles. The number of alkyl halides is 3. The molecule has 4 rings (SSSR count). The van der Waals surface area contributed by atoms with E-state index in [1.165, 1.54) is 12.1 Å². The number of methoxy groups -OCH3 is 1. The molecule has 1 saturated heterocycles. The molecule has 1 atom stereocenters. The first-order valence-electron chi connectivity index (χ1n) is 10.4. The Morgan fingerprint density at radius 1 is 1.15 bits per heavy atom. The van der Waals surface area contributed by atoms with Crippen molar-refractivity contribution in [2.24, 2.45) is 0 Å². The van der Waals surface area contributed by atoms with Gasteiger partial charge in [0.1, 0.15) is 0 Å². The van der Waals surface area contributed by atoms with Gasteiger partial charge in [-0.3, -0.25) is 4.79 Å². The van der Waals surface area contributed by atoms with Crippen LogP contribution in [0.2, 0.25) is 0 Å². The van der Waals surface area contributed by atoms with Gasteiger partial charge in [0.25, 0.3) is 0 Å². The molecule has 0 N–H and O–H groups in total. The van der Waals surface area contributed by atoms with Crippen LogP contribution in [0.3, 0.4) is 0 Å². The third-order valence-corrected chi connectivity index (χ3v) is 5.38. The maximum atomic E-state index is 12.7. The van der Waals surface area contributed by atoms with E-state index in [-0.39, 0.29) is 24.8 Å². The molecule has 33 heavy (non-hydrogen) atoms. The summed E-state index contributed by atoms with van der Waals surface area (Å²) in [5.41, 5.74) is 0.571. The van der Waals surface area contributed by atoms with Gasteiger partial charge in [-0.05, 0) is 42.8 Å². The van der Waals surface area contributed by atoms with Crippen LogP contribution >= 0.6 is 0 Å². The molecule has 3 aromatic rings. The van der Waals surface area contributed by atoms with E-state index in [0.29, 0.717) is 47.5 Å². The topological polar surface area (TPSA) is 77.7 Å². The fourth-order valence-electron chi connectivity index (χ4n) is 3.71. The van der Waals surface area contributed by atoms with Gasteiger partial charge in [0.15, 0.2) is 11.5 Å². The van der Waals surface area contributed by atoms with Crippen LogP contribution in [0.5, 0.6) is 11.5 Å². The van der Waals surface area contributed by atoms with Gasteiger partial charge in [0, 0.05) is 25.1 Å². The molecule has 0 aliphatic carbocycles. The summed E-state index contributed by atoms with van der Waals surface area (Å²) < 4.78 is 54.5. The number of ether oxygens (including phenoxy) is 2. The van der Waals surface area contributed by atoms with Crippen LogP contribution in [0.15, 0.2) is 47.0 Å². The highest BCUT2D eigenvalue weighted by molar-refractivity contribution is 5.79.